The summed E-state index contributed by atoms with van der Waals surface area (Å²) in [4.78, 5) is 22.2. The molecular formula is C17H21ClN4O. The lowest BCUT2D eigenvalue weighted by atomic mass is 10.2. The molecular weight excluding hydrogens is 312 g/mol. The largest absolute Gasteiger partial charge is 0.366 e. The minimum atomic E-state index is -0.0876. The maximum absolute atomic E-state index is 12.3. The summed E-state index contributed by atoms with van der Waals surface area (Å²) in [6.45, 7) is 3.43. The number of anilines is 1. The highest BCUT2D eigenvalue weighted by molar-refractivity contribution is 6.30. The van der Waals surface area contributed by atoms with Crippen molar-refractivity contribution < 1.29 is 4.79 Å². The summed E-state index contributed by atoms with van der Waals surface area (Å²) in [6.07, 6.45) is 3.44. The van der Waals surface area contributed by atoms with Crippen LogP contribution in [0.3, 0.4) is 0 Å². The fourth-order valence-electron chi connectivity index (χ4n) is 2.06. The van der Waals surface area contributed by atoms with Gasteiger partial charge >= 0.3 is 0 Å². The van der Waals surface area contributed by atoms with Crippen LogP contribution < -0.4 is 5.32 Å². The van der Waals surface area contributed by atoms with Crippen molar-refractivity contribution in [1.29, 1.82) is 0 Å². The molecule has 2 rings (SSSR count). The first-order valence-corrected chi connectivity index (χ1v) is 8.03. The number of hydrogen-bond acceptors (Lipinski definition) is 4. The fourth-order valence-corrected chi connectivity index (χ4v) is 2.18. The summed E-state index contributed by atoms with van der Waals surface area (Å²) in [6, 6.07) is 9.26. The number of unbranched alkanes of at least 4 members (excludes halogenated alkanes) is 1. The minimum Gasteiger partial charge on any atom is -0.366 e. The normalized spacial score (nSPS) is 10.4. The molecule has 0 saturated carbocycles. The number of rotatable bonds is 7. The lowest BCUT2D eigenvalue weighted by molar-refractivity contribution is 0.0787. The molecule has 23 heavy (non-hydrogen) atoms. The van der Waals surface area contributed by atoms with Gasteiger partial charge in [0.15, 0.2) is 0 Å². The Balaban J connectivity index is 1.98. The molecule has 1 aromatic carbocycles. The van der Waals surface area contributed by atoms with E-state index in [4.69, 9.17) is 11.6 Å². The molecule has 0 radical (unpaired) electrons. The number of nitrogens with zero attached hydrogens (tertiary/aromatic N) is 3. The highest BCUT2D eigenvalue weighted by Crippen LogP contribution is 2.12. The van der Waals surface area contributed by atoms with Gasteiger partial charge in [0.2, 0.25) is 0 Å². The van der Waals surface area contributed by atoms with Crippen LogP contribution in [0, 0.1) is 0 Å². The Labute approximate surface area is 141 Å². The van der Waals surface area contributed by atoms with E-state index in [1.165, 1.54) is 6.33 Å². The van der Waals surface area contributed by atoms with Crippen molar-refractivity contribution in [3.05, 3.63) is 52.9 Å². The van der Waals surface area contributed by atoms with E-state index in [9.17, 15) is 4.79 Å². The molecule has 0 aliphatic heterocycles. The molecule has 6 heteroatoms. The van der Waals surface area contributed by atoms with Gasteiger partial charge in [-0.2, -0.15) is 0 Å². The summed E-state index contributed by atoms with van der Waals surface area (Å²) >= 11 is 5.87. The van der Waals surface area contributed by atoms with E-state index in [0.29, 0.717) is 23.1 Å². The number of carbonyl (C=O) groups is 1. The number of benzene rings is 1. The first-order valence-electron chi connectivity index (χ1n) is 7.66. The SMILES string of the molecule is CCCCN(C)C(=O)c1cc(NCc2ccc(Cl)cc2)ncn1. The summed E-state index contributed by atoms with van der Waals surface area (Å²) in [5, 5.41) is 3.90. The highest BCUT2D eigenvalue weighted by Gasteiger charge is 2.13. The Kier molecular flexibility index (Phi) is 6.35. The Hall–Kier alpha value is -2.14. The molecule has 1 N–H and O–H groups in total. The van der Waals surface area contributed by atoms with Gasteiger partial charge in [0.25, 0.3) is 5.91 Å². The topological polar surface area (TPSA) is 58.1 Å². The molecule has 0 unspecified atom stereocenters. The Morgan fingerprint density at radius 1 is 1.26 bits per heavy atom. The second-order valence-corrected chi connectivity index (χ2v) is 5.79. The van der Waals surface area contributed by atoms with E-state index in [1.807, 2.05) is 24.3 Å². The van der Waals surface area contributed by atoms with Crippen LogP contribution in [-0.4, -0.2) is 34.4 Å². The van der Waals surface area contributed by atoms with Gasteiger partial charge in [-0.3, -0.25) is 4.79 Å². The van der Waals surface area contributed by atoms with Gasteiger partial charge in [0.05, 0.1) is 0 Å². The van der Waals surface area contributed by atoms with E-state index in [2.05, 4.69) is 22.2 Å². The van der Waals surface area contributed by atoms with Gasteiger partial charge in [-0.05, 0) is 24.1 Å². The van der Waals surface area contributed by atoms with Crippen LogP contribution in [0.1, 0.15) is 35.8 Å². The number of halogens is 1. The molecule has 0 atom stereocenters. The lowest BCUT2D eigenvalue weighted by Crippen LogP contribution is -2.28. The summed E-state index contributed by atoms with van der Waals surface area (Å²) in [7, 11) is 1.79. The van der Waals surface area contributed by atoms with Crippen LogP contribution >= 0.6 is 11.6 Å². The molecule has 2 aromatic rings. The molecule has 0 bridgehead atoms. The molecule has 0 saturated heterocycles. The molecule has 0 fully saturated rings. The van der Waals surface area contributed by atoms with Crippen LogP contribution in [0.2, 0.25) is 5.02 Å². The quantitative estimate of drug-likeness (QED) is 0.841. The molecule has 122 valence electrons. The zero-order valence-corrected chi connectivity index (χ0v) is 14.2. The zero-order chi connectivity index (χ0) is 16.7. The van der Waals surface area contributed by atoms with Crippen LogP contribution in [0.5, 0.6) is 0 Å². The monoisotopic (exact) mass is 332 g/mol. The predicted octanol–water partition coefficient (Wildman–Crippen LogP) is 3.61. The number of nitrogens with one attached hydrogen (secondary N) is 1. The molecule has 1 heterocycles. The average Bonchev–Trinajstić information content (AvgIpc) is 2.58. The Morgan fingerprint density at radius 2 is 2.00 bits per heavy atom. The predicted molar refractivity (Wildman–Crippen MR) is 92.7 cm³/mol. The second kappa shape index (κ2) is 8.48. The van der Waals surface area contributed by atoms with E-state index in [1.54, 1.807) is 18.0 Å². The van der Waals surface area contributed by atoms with Crippen LogP contribution in [0.4, 0.5) is 5.82 Å². The van der Waals surface area contributed by atoms with E-state index in [-0.39, 0.29) is 5.91 Å². The molecule has 0 spiro atoms. The van der Waals surface area contributed by atoms with Crippen molar-refractivity contribution in [2.75, 3.05) is 18.9 Å². The Bertz CT molecular complexity index is 645. The first-order chi connectivity index (χ1) is 11.1. The fraction of sp³-hybridized carbons (Fsp3) is 0.353. The average molecular weight is 333 g/mol. The maximum Gasteiger partial charge on any atom is 0.272 e. The third-order valence-corrected chi connectivity index (χ3v) is 3.72. The smallest absolute Gasteiger partial charge is 0.272 e. The maximum atomic E-state index is 12.3. The van der Waals surface area contributed by atoms with E-state index in [0.717, 1.165) is 24.9 Å². The van der Waals surface area contributed by atoms with Gasteiger partial charge in [0, 0.05) is 31.2 Å². The summed E-state index contributed by atoms with van der Waals surface area (Å²) < 4.78 is 0. The van der Waals surface area contributed by atoms with Crippen molar-refractivity contribution in [1.82, 2.24) is 14.9 Å². The van der Waals surface area contributed by atoms with Gasteiger partial charge < -0.3 is 10.2 Å². The summed E-state index contributed by atoms with van der Waals surface area (Å²) in [5.74, 6) is 0.539. The third-order valence-electron chi connectivity index (χ3n) is 3.47. The van der Waals surface area contributed by atoms with Crippen molar-refractivity contribution in [2.24, 2.45) is 0 Å². The molecule has 0 aliphatic carbocycles. The molecule has 0 aliphatic rings. The van der Waals surface area contributed by atoms with E-state index >= 15 is 0 Å². The van der Waals surface area contributed by atoms with Crippen molar-refractivity contribution in [2.45, 2.75) is 26.3 Å². The molecule has 5 nitrogen and oxygen atoms in total. The number of amides is 1. The van der Waals surface area contributed by atoms with Crippen molar-refractivity contribution in [3.8, 4) is 0 Å². The van der Waals surface area contributed by atoms with Crippen molar-refractivity contribution >= 4 is 23.3 Å². The minimum absolute atomic E-state index is 0.0876. The lowest BCUT2D eigenvalue weighted by Gasteiger charge is -2.16. The van der Waals surface area contributed by atoms with Gasteiger partial charge in [-0.25, -0.2) is 9.97 Å². The highest BCUT2D eigenvalue weighted by atomic mass is 35.5. The zero-order valence-electron chi connectivity index (χ0n) is 13.4. The van der Waals surface area contributed by atoms with Crippen LogP contribution in [0.25, 0.3) is 0 Å². The first kappa shape index (κ1) is 17.2. The van der Waals surface area contributed by atoms with Crippen molar-refractivity contribution in [3.63, 3.8) is 0 Å². The van der Waals surface area contributed by atoms with Gasteiger partial charge in [-0.15, -0.1) is 0 Å². The van der Waals surface area contributed by atoms with Crippen LogP contribution in [-0.2, 0) is 6.54 Å². The second-order valence-electron chi connectivity index (χ2n) is 5.35. The number of carbonyl (C=O) groups excluding carboxylic acids is 1. The number of aromatic nitrogens is 2. The van der Waals surface area contributed by atoms with Crippen LogP contribution in [0.15, 0.2) is 36.7 Å². The van der Waals surface area contributed by atoms with Gasteiger partial charge in [-0.1, -0.05) is 37.1 Å². The molecule has 1 amide bonds. The standard InChI is InChI=1S/C17H21ClN4O/c1-3-4-9-22(2)17(23)15-10-16(21-12-20-15)19-11-13-5-7-14(18)8-6-13/h5-8,10,12H,3-4,9,11H2,1-2H3,(H,19,20,21). The summed E-state index contributed by atoms with van der Waals surface area (Å²) in [5.41, 5.74) is 1.48. The number of hydrogen-bond donors (Lipinski definition) is 1. The molecule has 1 aromatic heterocycles. The van der Waals surface area contributed by atoms with E-state index < -0.39 is 0 Å². The van der Waals surface area contributed by atoms with Gasteiger partial charge in [0.1, 0.15) is 17.8 Å². The third kappa shape index (κ3) is 5.21. The Morgan fingerprint density at radius 3 is 2.70 bits per heavy atom.